The second-order valence-corrected chi connectivity index (χ2v) is 3.59. The number of hydrogen-bond acceptors (Lipinski definition) is 4. The highest BCUT2D eigenvalue weighted by atomic mass is 32.1. The molecule has 0 bridgehead atoms. The summed E-state index contributed by atoms with van der Waals surface area (Å²) in [5.74, 6) is 1.49. The van der Waals surface area contributed by atoms with Crippen molar-refractivity contribution in [1.82, 2.24) is 0 Å². The van der Waals surface area contributed by atoms with E-state index in [0.29, 0.717) is 0 Å². The van der Waals surface area contributed by atoms with Gasteiger partial charge in [0.2, 0.25) is 0 Å². The lowest BCUT2D eigenvalue weighted by molar-refractivity contribution is 0.652. The van der Waals surface area contributed by atoms with E-state index in [9.17, 15) is 0 Å². The number of hydrogen-bond donors (Lipinski definition) is 2. The Morgan fingerprint density at radius 2 is 1.60 bits per heavy atom. The third-order valence-corrected chi connectivity index (χ3v) is 2.83. The minimum atomic E-state index is 0.740. The number of rotatable bonds is 2. The summed E-state index contributed by atoms with van der Waals surface area (Å²) in [4.78, 5) is 0. The van der Waals surface area contributed by atoms with Gasteiger partial charge in [0.25, 0.3) is 0 Å². The predicted molar refractivity (Wildman–Crippen MR) is 67.9 cm³/mol. The lowest BCUT2D eigenvalue weighted by atomic mass is 10.0. The van der Waals surface area contributed by atoms with Crippen molar-refractivity contribution in [2.45, 2.75) is 6.92 Å². The van der Waals surface area contributed by atoms with E-state index < -0.39 is 0 Å². The molecule has 4 heteroatoms. The van der Waals surface area contributed by atoms with Crippen LogP contribution >= 0.6 is 25.8 Å². The molecule has 0 fully saturated rings. The Kier molecular flexibility index (Phi) is 2.98. The van der Waals surface area contributed by atoms with Crippen LogP contribution in [0.4, 0.5) is 0 Å². The SMILES string of the molecule is Cc1c(OS)ccc2c(OS)cccc12. The van der Waals surface area contributed by atoms with Crippen LogP contribution in [0.15, 0.2) is 30.3 Å². The van der Waals surface area contributed by atoms with Crippen molar-refractivity contribution in [2.75, 3.05) is 0 Å². The normalized spacial score (nSPS) is 10.3. The van der Waals surface area contributed by atoms with Gasteiger partial charge in [-0.25, -0.2) is 0 Å². The first-order valence-electron chi connectivity index (χ1n) is 4.43. The first-order valence-corrected chi connectivity index (χ1v) is 5.16. The topological polar surface area (TPSA) is 18.5 Å². The molecule has 0 saturated heterocycles. The smallest absolute Gasteiger partial charge is 0.144 e. The minimum Gasteiger partial charge on any atom is -0.429 e. The van der Waals surface area contributed by atoms with Crippen molar-refractivity contribution < 1.29 is 8.37 Å². The Balaban J connectivity index is 2.78. The maximum absolute atomic E-state index is 4.99. The van der Waals surface area contributed by atoms with E-state index in [1.165, 1.54) is 0 Å². The summed E-state index contributed by atoms with van der Waals surface area (Å²) in [6.07, 6.45) is 0. The van der Waals surface area contributed by atoms with Crippen LogP contribution in [0.25, 0.3) is 10.8 Å². The molecule has 0 N–H and O–H groups in total. The molecule has 2 rings (SSSR count). The van der Waals surface area contributed by atoms with Gasteiger partial charge in [-0.3, -0.25) is 0 Å². The van der Waals surface area contributed by atoms with E-state index in [1.807, 2.05) is 37.3 Å². The highest BCUT2D eigenvalue weighted by molar-refractivity contribution is 7.75. The van der Waals surface area contributed by atoms with E-state index in [-0.39, 0.29) is 0 Å². The maximum Gasteiger partial charge on any atom is 0.144 e. The van der Waals surface area contributed by atoms with Gasteiger partial charge in [-0.05, 0) is 30.5 Å². The van der Waals surface area contributed by atoms with Crippen LogP contribution in [0.2, 0.25) is 0 Å². The average molecular weight is 238 g/mol. The fraction of sp³-hybridized carbons (Fsp3) is 0.0909. The van der Waals surface area contributed by atoms with Crippen LogP contribution in [0.5, 0.6) is 11.5 Å². The third-order valence-electron chi connectivity index (χ3n) is 2.44. The number of thiol groups is 2. The maximum atomic E-state index is 4.99. The summed E-state index contributed by atoms with van der Waals surface area (Å²) in [5.41, 5.74) is 1.04. The molecule has 0 atom stereocenters. The predicted octanol–water partition coefficient (Wildman–Crippen LogP) is 3.60. The molecule has 15 heavy (non-hydrogen) atoms. The molecule has 0 aliphatic carbocycles. The van der Waals surface area contributed by atoms with Crippen LogP contribution in [0.1, 0.15) is 5.56 Å². The summed E-state index contributed by atoms with van der Waals surface area (Å²) >= 11 is 7.63. The number of aryl methyl sites for hydroxylation is 1. The first kappa shape index (κ1) is 10.5. The van der Waals surface area contributed by atoms with E-state index >= 15 is 0 Å². The minimum absolute atomic E-state index is 0.740. The Labute approximate surface area is 99.4 Å². The van der Waals surface area contributed by atoms with Gasteiger partial charge in [0.15, 0.2) is 0 Å². The standard InChI is InChI=1S/C11H10O2S2/c1-7-8-3-2-4-11(13-15)9(8)5-6-10(7)12-14/h2-6,14-15H,1H3. The van der Waals surface area contributed by atoms with E-state index in [0.717, 1.165) is 27.8 Å². The van der Waals surface area contributed by atoms with Gasteiger partial charge in [0, 0.05) is 36.8 Å². The lowest BCUT2D eigenvalue weighted by Gasteiger charge is -2.09. The lowest BCUT2D eigenvalue weighted by Crippen LogP contribution is -1.86. The van der Waals surface area contributed by atoms with Crippen LogP contribution < -0.4 is 8.37 Å². The molecular weight excluding hydrogens is 228 g/mol. The molecule has 0 radical (unpaired) electrons. The summed E-state index contributed by atoms with van der Waals surface area (Å²) in [6, 6.07) is 9.59. The second kappa shape index (κ2) is 4.24. The van der Waals surface area contributed by atoms with Gasteiger partial charge in [0.05, 0.1) is 0 Å². The molecule has 2 aromatic rings. The molecule has 0 unspecified atom stereocenters. The number of fused-ring (bicyclic) bond motifs is 1. The van der Waals surface area contributed by atoms with E-state index in [2.05, 4.69) is 25.8 Å². The Morgan fingerprint density at radius 1 is 0.867 bits per heavy atom. The zero-order valence-electron chi connectivity index (χ0n) is 8.10. The van der Waals surface area contributed by atoms with E-state index in [1.54, 1.807) is 0 Å². The molecule has 0 amide bonds. The molecular formula is C11H10O2S2. The van der Waals surface area contributed by atoms with Gasteiger partial charge in [-0.1, -0.05) is 12.1 Å². The molecule has 0 spiro atoms. The average Bonchev–Trinajstić information content (AvgIpc) is 2.29. The summed E-state index contributed by atoms with van der Waals surface area (Å²) in [7, 11) is 0. The van der Waals surface area contributed by atoms with Gasteiger partial charge in [-0.15, -0.1) is 0 Å². The van der Waals surface area contributed by atoms with Crippen LogP contribution in [0, 0.1) is 6.92 Å². The van der Waals surface area contributed by atoms with Crippen LogP contribution in [-0.2, 0) is 0 Å². The zero-order valence-corrected chi connectivity index (χ0v) is 9.89. The Bertz CT molecular complexity index is 497. The third kappa shape index (κ3) is 1.75. The number of benzene rings is 2. The summed E-state index contributed by atoms with van der Waals surface area (Å²) in [5, 5.41) is 2.09. The van der Waals surface area contributed by atoms with Gasteiger partial charge in [0.1, 0.15) is 11.5 Å². The van der Waals surface area contributed by atoms with Crippen molar-refractivity contribution in [1.29, 1.82) is 0 Å². The molecule has 78 valence electrons. The molecule has 0 heterocycles. The fourth-order valence-electron chi connectivity index (χ4n) is 1.64. The quantitative estimate of drug-likeness (QED) is 0.615. The van der Waals surface area contributed by atoms with Gasteiger partial charge < -0.3 is 8.37 Å². The van der Waals surface area contributed by atoms with Crippen molar-refractivity contribution in [3.05, 3.63) is 35.9 Å². The molecule has 2 aromatic carbocycles. The van der Waals surface area contributed by atoms with Crippen molar-refractivity contribution in [3.63, 3.8) is 0 Å². The van der Waals surface area contributed by atoms with Crippen LogP contribution in [0.3, 0.4) is 0 Å². The van der Waals surface area contributed by atoms with E-state index in [4.69, 9.17) is 8.37 Å². The van der Waals surface area contributed by atoms with Crippen molar-refractivity contribution >= 4 is 36.6 Å². The van der Waals surface area contributed by atoms with Crippen LogP contribution in [-0.4, -0.2) is 0 Å². The Hall–Kier alpha value is -1.00. The molecule has 0 aliphatic heterocycles. The summed E-state index contributed by atoms with van der Waals surface area (Å²) in [6.45, 7) is 1.98. The molecule has 2 nitrogen and oxygen atoms in total. The van der Waals surface area contributed by atoms with Crippen molar-refractivity contribution in [2.24, 2.45) is 0 Å². The highest BCUT2D eigenvalue weighted by Crippen LogP contribution is 2.33. The fourth-order valence-corrected chi connectivity index (χ4v) is 2.00. The largest absolute Gasteiger partial charge is 0.429 e. The highest BCUT2D eigenvalue weighted by Gasteiger charge is 2.07. The van der Waals surface area contributed by atoms with Gasteiger partial charge >= 0.3 is 0 Å². The van der Waals surface area contributed by atoms with Crippen molar-refractivity contribution in [3.8, 4) is 11.5 Å². The monoisotopic (exact) mass is 238 g/mol. The summed E-state index contributed by atoms with van der Waals surface area (Å²) < 4.78 is 9.95. The van der Waals surface area contributed by atoms with Gasteiger partial charge in [-0.2, -0.15) is 0 Å². The Morgan fingerprint density at radius 3 is 2.27 bits per heavy atom. The molecule has 0 saturated carbocycles. The zero-order chi connectivity index (χ0) is 10.8. The molecule has 0 aromatic heterocycles. The first-order chi connectivity index (χ1) is 7.27. The second-order valence-electron chi connectivity index (χ2n) is 3.22. The molecule has 0 aliphatic rings.